The zero-order valence-corrected chi connectivity index (χ0v) is 19.3. The molecule has 0 aromatic heterocycles. The van der Waals surface area contributed by atoms with Crippen molar-refractivity contribution in [2.24, 2.45) is 0 Å². The minimum Gasteiger partial charge on any atom is -0.481 e. The van der Waals surface area contributed by atoms with E-state index < -0.39 is 12.2 Å². The minimum absolute atomic E-state index is 0.0172. The number of rotatable bonds is 13. The standard InChI is InChI=1S/C25H34N2O5/c1-19(2)27(25(29)21(4)32-23-13-9-6-10-14-23)16-18-30-17-15-26-24(28)20(3)31-22-11-7-5-8-12-22/h5-14,19-21H,15-18H2,1-4H3,(H,26,28)/t20-,21-/m1/s1. The number of hydrogen-bond acceptors (Lipinski definition) is 5. The summed E-state index contributed by atoms with van der Waals surface area (Å²) in [5.41, 5.74) is 0. The van der Waals surface area contributed by atoms with Crippen LogP contribution in [0.15, 0.2) is 60.7 Å². The molecule has 0 bridgehead atoms. The van der Waals surface area contributed by atoms with E-state index in [9.17, 15) is 9.59 Å². The first kappa shape index (κ1) is 25.2. The van der Waals surface area contributed by atoms with E-state index in [1.807, 2.05) is 62.4 Å². The van der Waals surface area contributed by atoms with Crippen LogP contribution in [-0.4, -0.2) is 61.3 Å². The summed E-state index contributed by atoms with van der Waals surface area (Å²) in [5.74, 6) is 1.01. The zero-order chi connectivity index (χ0) is 23.3. The molecule has 2 rings (SSSR count). The number of carbonyl (C=O) groups is 2. The van der Waals surface area contributed by atoms with Crippen LogP contribution in [0.4, 0.5) is 0 Å². The van der Waals surface area contributed by atoms with Crippen LogP contribution in [0.5, 0.6) is 11.5 Å². The maximum atomic E-state index is 12.8. The summed E-state index contributed by atoms with van der Waals surface area (Å²) in [5, 5.41) is 2.79. The fourth-order valence-electron chi connectivity index (χ4n) is 3.02. The van der Waals surface area contributed by atoms with Crippen molar-refractivity contribution in [1.29, 1.82) is 0 Å². The zero-order valence-electron chi connectivity index (χ0n) is 19.3. The van der Waals surface area contributed by atoms with E-state index in [0.717, 1.165) is 0 Å². The average Bonchev–Trinajstić information content (AvgIpc) is 2.79. The molecule has 1 N–H and O–H groups in total. The smallest absolute Gasteiger partial charge is 0.263 e. The van der Waals surface area contributed by atoms with Crippen LogP contribution in [0, 0.1) is 0 Å². The SMILES string of the molecule is CC(C)N(CCOCCNC(=O)[C@@H](C)Oc1ccccc1)C(=O)[C@@H](C)Oc1ccccc1. The number of nitrogens with one attached hydrogen (secondary N) is 1. The van der Waals surface area contributed by atoms with E-state index in [2.05, 4.69) is 5.32 Å². The summed E-state index contributed by atoms with van der Waals surface area (Å²) in [6.07, 6.45) is -1.19. The molecule has 2 aromatic rings. The highest BCUT2D eigenvalue weighted by Crippen LogP contribution is 2.13. The number of nitrogens with zero attached hydrogens (tertiary/aromatic N) is 1. The fourth-order valence-corrected chi connectivity index (χ4v) is 3.02. The topological polar surface area (TPSA) is 77.1 Å². The second-order valence-electron chi connectivity index (χ2n) is 7.68. The minimum atomic E-state index is -0.599. The van der Waals surface area contributed by atoms with Gasteiger partial charge in [-0.1, -0.05) is 36.4 Å². The van der Waals surface area contributed by atoms with Crippen molar-refractivity contribution in [2.45, 2.75) is 45.9 Å². The van der Waals surface area contributed by atoms with Gasteiger partial charge in [0, 0.05) is 19.1 Å². The van der Waals surface area contributed by atoms with Gasteiger partial charge in [-0.15, -0.1) is 0 Å². The Morgan fingerprint density at radius 3 is 1.88 bits per heavy atom. The maximum Gasteiger partial charge on any atom is 0.263 e. The van der Waals surface area contributed by atoms with Crippen molar-refractivity contribution in [2.75, 3.05) is 26.3 Å². The van der Waals surface area contributed by atoms with Crippen molar-refractivity contribution >= 4 is 11.8 Å². The molecule has 0 saturated heterocycles. The molecule has 2 aromatic carbocycles. The lowest BCUT2D eigenvalue weighted by molar-refractivity contribution is -0.140. The summed E-state index contributed by atoms with van der Waals surface area (Å²) >= 11 is 0. The van der Waals surface area contributed by atoms with Crippen LogP contribution < -0.4 is 14.8 Å². The van der Waals surface area contributed by atoms with Crippen molar-refractivity contribution in [3.63, 3.8) is 0 Å². The third-order valence-corrected chi connectivity index (χ3v) is 4.76. The van der Waals surface area contributed by atoms with Crippen LogP contribution >= 0.6 is 0 Å². The lowest BCUT2D eigenvalue weighted by atomic mass is 10.2. The molecule has 0 aliphatic carbocycles. The Hall–Kier alpha value is -3.06. The lowest BCUT2D eigenvalue weighted by Gasteiger charge is -2.29. The Kier molecular flexibility index (Phi) is 10.5. The van der Waals surface area contributed by atoms with Gasteiger partial charge in [0.15, 0.2) is 12.2 Å². The first-order chi connectivity index (χ1) is 15.4. The molecule has 2 atom stereocenters. The molecule has 174 valence electrons. The van der Waals surface area contributed by atoms with E-state index in [1.54, 1.807) is 30.9 Å². The second-order valence-corrected chi connectivity index (χ2v) is 7.68. The monoisotopic (exact) mass is 442 g/mol. The molecule has 0 saturated carbocycles. The predicted octanol–water partition coefficient (Wildman–Crippen LogP) is 3.29. The molecule has 2 amide bonds. The first-order valence-electron chi connectivity index (χ1n) is 11.0. The maximum absolute atomic E-state index is 12.8. The van der Waals surface area contributed by atoms with Gasteiger partial charge in [-0.25, -0.2) is 0 Å². The average molecular weight is 443 g/mol. The third kappa shape index (κ3) is 8.59. The predicted molar refractivity (Wildman–Crippen MR) is 124 cm³/mol. The van der Waals surface area contributed by atoms with E-state index in [1.165, 1.54) is 0 Å². The van der Waals surface area contributed by atoms with Gasteiger partial charge in [0.05, 0.1) is 13.2 Å². The summed E-state index contributed by atoms with van der Waals surface area (Å²) in [4.78, 5) is 26.7. The molecular weight excluding hydrogens is 408 g/mol. The molecule has 0 radical (unpaired) electrons. The molecule has 0 spiro atoms. The van der Waals surface area contributed by atoms with E-state index >= 15 is 0 Å². The molecule has 0 aliphatic heterocycles. The molecule has 7 nitrogen and oxygen atoms in total. The van der Waals surface area contributed by atoms with Gasteiger partial charge in [-0.2, -0.15) is 0 Å². The fraction of sp³-hybridized carbons (Fsp3) is 0.440. The van der Waals surface area contributed by atoms with Crippen molar-refractivity contribution in [3.05, 3.63) is 60.7 Å². The highest BCUT2D eigenvalue weighted by molar-refractivity contribution is 5.81. The molecule has 32 heavy (non-hydrogen) atoms. The quantitative estimate of drug-likeness (QED) is 0.482. The van der Waals surface area contributed by atoms with Crippen molar-refractivity contribution in [3.8, 4) is 11.5 Å². The Morgan fingerprint density at radius 1 is 0.812 bits per heavy atom. The summed E-state index contributed by atoms with van der Waals surface area (Å²) < 4.78 is 17.0. The Labute approximate surface area is 190 Å². The van der Waals surface area contributed by atoms with Crippen LogP contribution in [-0.2, 0) is 14.3 Å². The van der Waals surface area contributed by atoms with Crippen molar-refractivity contribution < 1.29 is 23.8 Å². The Balaban J connectivity index is 1.66. The number of carbonyl (C=O) groups excluding carboxylic acids is 2. The third-order valence-electron chi connectivity index (χ3n) is 4.76. The molecule has 0 fully saturated rings. The van der Waals surface area contributed by atoms with E-state index in [-0.39, 0.29) is 17.9 Å². The Bertz CT molecular complexity index is 814. The van der Waals surface area contributed by atoms with Gasteiger partial charge in [0.1, 0.15) is 11.5 Å². The van der Waals surface area contributed by atoms with Crippen molar-refractivity contribution in [1.82, 2.24) is 10.2 Å². The van der Waals surface area contributed by atoms with Crippen LogP contribution in [0.2, 0.25) is 0 Å². The van der Waals surface area contributed by atoms with Gasteiger partial charge in [-0.05, 0) is 52.0 Å². The van der Waals surface area contributed by atoms with Gasteiger partial charge in [-0.3, -0.25) is 9.59 Å². The van der Waals surface area contributed by atoms with Gasteiger partial charge < -0.3 is 24.4 Å². The number of para-hydroxylation sites is 2. The molecular formula is C25H34N2O5. The lowest BCUT2D eigenvalue weighted by Crippen LogP contribution is -2.46. The highest BCUT2D eigenvalue weighted by atomic mass is 16.5. The van der Waals surface area contributed by atoms with Gasteiger partial charge >= 0.3 is 0 Å². The molecule has 7 heteroatoms. The highest BCUT2D eigenvalue weighted by Gasteiger charge is 2.24. The largest absolute Gasteiger partial charge is 0.481 e. The van der Waals surface area contributed by atoms with Crippen LogP contribution in [0.25, 0.3) is 0 Å². The number of ether oxygens (including phenoxy) is 3. The molecule has 0 heterocycles. The van der Waals surface area contributed by atoms with Gasteiger partial charge in [0.2, 0.25) is 0 Å². The number of amides is 2. The Morgan fingerprint density at radius 2 is 1.34 bits per heavy atom. The normalized spacial score (nSPS) is 12.7. The number of benzene rings is 2. The number of hydrogen-bond donors (Lipinski definition) is 1. The van der Waals surface area contributed by atoms with E-state index in [0.29, 0.717) is 37.8 Å². The van der Waals surface area contributed by atoms with Crippen LogP contribution in [0.3, 0.4) is 0 Å². The molecule has 0 aliphatic rings. The van der Waals surface area contributed by atoms with Gasteiger partial charge in [0.25, 0.3) is 11.8 Å². The summed E-state index contributed by atoms with van der Waals surface area (Å²) in [6.45, 7) is 8.90. The summed E-state index contributed by atoms with van der Waals surface area (Å²) in [6, 6.07) is 18.5. The van der Waals surface area contributed by atoms with E-state index in [4.69, 9.17) is 14.2 Å². The second kappa shape index (κ2) is 13.4. The first-order valence-corrected chi connectivity index (χ1v) is 11.0. The van der Waals surface area contributed by atoms with Crippen LogP contribution in [0.1, 0.15) is 27.7 Å². The summed E-state index contributed by atoms with van der Waals surface area (Å²) in [7, 11) is 0. The molecule has 0 unspecified atom stereocenters.